The maximum atomic E-state index is 12.2. The van der Waals surface area contributed by atoms with Crippen molar-refractivity contribution in [2.45, 2.75) is 45.3 Å². The van der Waals surface area contributed by atoms with Crippen molar-refractivity contribution in [2.24, 2.45) is 0 Å². The van der Waals surface area contributed by atoms with Gasteiger partial charge in [0.2, 0.25) is 0 Å². The number of amides is 1. The zero-order valence-electron chi connectivity index (χ0n) is 14.2. The topological polar surface area (TPSA) is 90.7 Å². The minimum absolute atomic E-state index is 0.0146. The van der Waals surface area contributed by atoms with Crippen molar-refractivity contribution in [3.63, 3.8) is 0 Å². The largest absolute Gasteiger partial charge is 0.444 e. The number of anilines is 1. The molecule has 1 amide bonds. The number of nitrogens with two attached hydrogens (primary N) is 1. The van der Waals surface area contributed by atoms with Gasteiger partial charge >= 0.3 is 11.8 Å². The van der Waals surface area contributed by atoms with Crippen LogP contribution < -0.4 is 11.5 Å². The van der Waals surface area contributed by atoms with Crippen LogP contribution in [0.15, 0.2) is 27.4 Å². The van der Waals surface area contributed by atoms with Crippen molar-refractivity contribution in [1.29, 1.82) is 0 Å². The molecule has 0 atom stereocenters. The number of aromatic nitrogens is 1. The Balaban J connectivity index is 1.76. The molecule has 2 aromatic rings. The van der Waals surface area contributed by atoms with E-state index in [1.807, 2.05) is 20.8 Å². The van der Waals surface area contributed by atoms with E-state index in [2.05, 4.69) is 0 Å². The van der Waals surface area contributed by atoms with Crippen LogP contribution in [0.2, 0.25) is 0 Å². The Labute approximate surface area is 140 Å². The molecule has 1 aromatic carbocycles. The van der Waals surface area contributed by atoms with Crippen LogP contribution in [-0.2, 0) is 4.74 Å². The van der Waals surface area contributed by atoms with E-state index in [1.165, 1.54) is 0 Å². The normalized spacial score (nSPS) is 16.5. The summed E-state index contributed by atoms with van der Waals surface area (Å²) in [6.45, 7) is 6.62. The highest BCUT2D eigenvalue weighted by Gasteiger charge is 2.29. The fraction of sp³-hybridized carbons (Fsp3) is 0.529. The van der Waals surface area contributed by atoms with E-state index in [9.17, 15) is 9.59 Å². The Morgan fingerprint density at radius 2 is 1.96 bits per heavy atom. The second-order valence-electron chi connectivity index (χ2n) is 7.16. The number of nitrogens with zero attached hydrogens (tertiary/aromatic N) is 2. The summed E-state index contributed by atoms with van der Waals surface area (Å²) in [7, 11) is 0. The summed E-state index contributed by atoms with van der Waals surface area (Å²) >= 11 is 0. The number of nitrogen functional groups attached to an aromatic ring is 1. The molecular weight excluding hydrogens is 310 g/mol. The Morgan fingerprint density at radius 3 is 2.58 bits per heavy atom. The molecule has 0 spiro atoms. The third-order valence-electron chi connectivity index (χ3n) is 4.12. The van der Waals surface area contributed by atoms with Crippen LogP contribution >= 0.6 is 0 Å². The van der Waals surface area contributed by atoms with Crippen LogP contribution in [0.3, 0.4) is 0 Å². The van der Waals surface area contributed by atoms with Gasteiger partial charge in [-0.3, -0.25) is 4.57 Å². The first kappa shape index (κ1) is 16.4. The molecule has 2 heterocycles. The molecule has 0 bridgehead atoms. The monoisotopic (exact) mass is 333 g/mol. The number of hydrogen-bond acceptors (Lipinski definition) is 5. The van der Waals surface area contributed by atoms with Gasteiger partial charge < -0.3 is 19.8 Å². The molecule has 1 aliphatic rings. The van der Waals surface area contributed by atoms with Crippen LogP contribution in [0.4, 0.5) is 10.5 Å². The molecule has 24 heavy (non-hydrogen) atoms. The van der Waals surface area contributed by atoms with Crippen molar-refractivity contribution in [2.75, 3.05) is 18.8 Å². The zero-order chi connectivity index (χ0) is 17.5. The molecular formula is C17H23N3O4. The molecule has 130 valence electrons. The highest BCUT2D eigenvalue weighted by molar-refractivity contribution is 5.77. The lowest BCUT2D eigenvalue weighted by Crippen LogP contribution is -2.42. The van der Waals surface area contributed by atoms with Gasteiger partial charge in [-0.2, -0.15) is 0 Å². The number of carbonyl (C=O) groups excluding carboxylic acids is 1. The number of ether oxygens (including phenoxy) is 1. The smallest absolute Gasteiger partial charge is 0.420 e. The van der Waals surface area contributed by atoms with Gasteiger partial charge in [0, 0.05) is 24.8 Å². The average Bonchev–Trinajstić information content (AvgIpc) is 2.81. The van der Waals surface area contributed by atoms with E-state index in [-0.39, 0.29) is 17.9 Å². The van der Waals surface area contributed by atoms with Crippen molar-refractivity contribution in [3.8, 4) is 0 Å². The summed E-state index contributed by atoms with van der Waals surface area (Å²) in [5.41, 5.74) is 7.14. The van der Waals surface area contributed by atoms with E-state index in [4.69, 9.17) is 14.9 Å². The quantitative estimate of drug-likeness (QED) is 0.810. The molecule has 1 aliphatic heterocycles. The van der Waals surface area contributed by atoms with Gasteiger partial charge in [0.15, 0.2) is 5.58 Å². The van der Waals surface area contributed by atoms with Gasteiger partial charge in [0.05, 0.1) is 5.52 Å². The van der Waals surface area contributed by atoms with E-state index in [0.717, 1.165) is 0 Å². The third-order valence-corrected chi connectivity index (χ3v) is 4.12. The van der Waals surface area contributed by atoms with Gasteiger partial charge in [-0.25, -0.2) is 9.59 Å². The Kier molecular flexibility index (Phi) is 4.03. The maximum Gasteiger partial charge on any atom is 0.420 e. The Bertz CT molecular complexity index is 807. The predicted octanol–water partition coefficient (Wildman–Crippen LogP) is 2.75. The summed E-state index contributed by atoms with van der Waals surface area (Å²) < 4.78 is 12.3. The SMILES string of the molecule is CC(C)(C)OC(=O)N1CCC(n2c(=O)oc3ccc(N)cc32)CC1. The number of rotatable bonds is 1. The number of fused-ring (bicyclic) bond motifs is 1. The van der Waals surface area contributed by atoms with Crippen LogP contribution in [-0.4, -0.2) is 34.3 Å². The molecule has 1 aromatic heterocycles. The van der Waals surface area contributed by atoms with E-state index in [1.54, 1.807) is 27.7 Å². The second kappa shape index (κ2) is 5.89. The molecule has 1 saturated heterocycles. The third kappa shape index (κ3) is 3.25. The van der Waals surface area contributed by atoms with Crippen molar-refractivity contribution in [1.82, 2.24) is 9.47 Å². The summed E-state index contributed by atoms with van der Waals surface area (Å²) in [5.74, 6) is -0.383. The first-order chi connectivity index (χ1) is 11.2. The van der Waals surface area contributed by atoms with Gasteiger partial charge in [-0.1, -0.05) is 0 Å². The molecule has 0 radical (unpaired) electrons. The second-order valence-corrected chi connectivity index (χ2v) is 7.16. The van der Waals surface area contributed by atoms with Crippen LogP contribution in [0.5, 0.6) is 0 Å². The predicted molar refractivity (Wildman–Crippen MR) is 91.0 cm³/mol. The lowest BCUT2D eigenvalue weighted by atomic mass is 10.0. The average molecular weight is 333 g/mol. The Hall–Kier alpha value is -2.44. The van der Waals surface area contributed by atoms with E-state index in [0.29, 0.717) is 42.7 Å². The van der Waals surface area contributed by atoms with E-state index < -0.39 is 5.60 Å². The number of oxazole rings is 1. The van der Waals surface area contributed by atoms with Gasteiger partial charge in [0.25, 0.3) is 0 Å². The highest BCUT2D eigenvalue weighted by Crippen LogP contribution is 2.27. The molecule has 3 rings (SSSR count). The molecule has 0 unspecified atom stereocenters. The number of carbonyl (C=O) groups is 1. The molecule has 0 saturated carbocycles. The summed E-state index contributed by atoms with van der Waals surface area (Å²) in [4.78, 5) is 26.0. The highest BCUT2D eigenvalue weighted by atomic mass is 16.6. The standard InChI is InChI=1S/C17H23N3O4/c1-17(2,3)24-15(21)19-8-6-12(7-9-19)20-13-10-11(18)4-5-14(13)23-16(20)22/h4-5,10,12H,6-9,18H2,1-3H3. The molecule has 0 aliphatic carbocycles. The van der Waals surface area contributed by atoms with Gasteiger partial charge in [-0.15, -0.1) is 0 Å². The number of likely N-dealkylation sites (tertiary alicyclic amines) is 1. The fourth-order valence-electron chi connectivity index (χ4n) is 3.03. The molecule has 7 heteroatoms. The number of piperidine rings is 1. The minimum atomic E-state index is -0.511. The molecule has 2 N–H and O–H groups in total. The maximum absolute atomic E-state index is 12.2. The van der Waals surface area contributed by atoms with Crippen molar-refractivity contribution >= 4 is 22.9 Å². The van der Waals surface area contributed by atoms with Crippen molar-refractivity contribution in [3.05, 3.63) is 28.7 Å². The first-order valence-corrected chi connectivity index (χ1v) is 8.13. The first-order valence-electron chi connectivity index (χ1n) is 8.13. The summed E-state index contributed by atoms with van der Waals surface area (Å²) in [6.07, 6.45) is 1.03. The zero-order valence-corrected chi connectivity index (χ0v) is 14.2. The Morgan fingerprint density at radius 1 is 1.29 bits per heavy atom. The number of benzene rings is 1. The lowest BCUT2D eigenvalue weighted by Gasteiger charge is -2.33. The van der Waals surface area contributed by atoms with Crippen LogP contribution in [0.25, 0.3) is 11.1 Å². The van der Waals surface area contributed by atoms with Gasteiger partial charge in [0.1, 0.15) is 5.60 Å². The minimum Gasteiger partial charge on any atom is -0.444 e. The molecule has 1 fully saturated rings. The fourth-order valence-corrected chi connectivity index (χ4v) is 3.03. The van der Waals surface area contributed by atoms with Crippen LogP contribution in [0.1, 0.15) is 39.7 Å². The van der Waals surface area contributed by atoms with Crippen LogP contribution in [0, 0.1) is 0 Å². The van der Waals surface area contributed by atoms with Gasteiger partial charge in [-0.05, 0) is 51.8 Å². The molecule has 7 nitrogen and oxygen atoms in total. The summed E-state index contributed by atoms with van der Waals surface area (Å²) in [6, 6.07) is 5.15. The van der Waals surface area contributed by atoms with E-state index >= 15 is 0 Å². The number of hydrogen-bond donors (Lipinski definition) is 1. The lowest BCUT2D eigenvalue weighted by molar-refractivity contribution is 0.0188. The van der Waals surface area contributed by atoms with Crippen molar-refractivity contribution < 1.29 is 13.9 Å². The summed E-state index contributed by atoms with van der Waals surface area (Å²) in [5, 5.41) is 0.